The van der Waals surface area contributed by atoms with E-state index in [1.54, 1.807) is 38.1 Å². The van der Waals surface area contributed by atoms with E-state index < -0.39 is 11.3 Å². The van der Waals surface area contributed by atoms with E-state index in [4.69, 9.17) is 0 Å². The van der Waals surface area contributed by atoms with Gasteiger partial charge in [-0.3, -0.25) is 14.4 Å². The van der Waals surface area contributed by atoms with Gasteiger partial charge in [0.2, 0.25) is 11.8 Å². The molecular formula is C21H24N2O3. The fourth-order valence-electron chi connectivity index (χ4n) is 2.29. The number of nitrogens with one attached hydrogen (secondary N) is 2. The number of aryl methyl sites for hydroxylation is 1. The third kappa shape index (κ3) is 4.57. The first-order valence-electron chi connectivity index (χ1n) is 8.57. The average molecular weight is 352 g/mol. The van der Waals surface area contributed by atoms with Gasteiger partial charge in [0, 0.05) is 16.9 Å². The van der Waals surface area contributed by atoms with Gasteiger partial charge in [-0.15, -0.1) is 0 Å². The second-order valence-electron chi connectivity index (χ2n) is 6.72. The molecule has 0 radical (unpaired) electrons. The minimum absolute atomic E-state index is 0.0447. The SMILES string of the molecule is CCc1ccc(NC(=O)C(C)(C)C(=O)Nc2ccc(C(C)=O)cc2)cc1. The van der Waals surface area contributed by atoms with Crippen LogP contribution in [-0.4, -0.2) is 17.6 Å². The van der Waals surface area contributed by atoms with E-state index in [1.165, 1.54) is 12.5 Å². The number of Topliss-reactive ketones (excluding diaryl/α,β-unsaturated/α-hetero) is 1. The van der Waals surface area contributed by atoms with Crippen LogP contribution in [0, 0.1) is 5.41 Å². The summed E-state index contributed by atoms with van der Waals surface area (Å²) in [4.78, 5) is 36.4. The summed E-state index contributed by atoms with van der Waals surface area (Å²) >= 11 is 0. The Labute approximate surface area is 153 Å². The highest BCUT2D eigenvalue weighted by Gasteiger charge is 2.36. The number of benzene rings is 2. The summed E-state index contributed by atoms with van der Waals surface area (Å²) in [6.45, 7) is 6.68. The van der Waals surface area contributed by atoms with E-state index in [9.17, 15) is 14.4 Å². The van der Waals surface area contributed by atoms with Gasteiger partial charge in [-0.25, -0.2) is 0 Å². The van der Waals surface area contributed by atoms with E-state index >= 15 is 0 Å². The molecule has 2 rings (SSSR count). The van der Waals surface area contributed by atoms with Crippen LogP contribution in [-0.2, 0) is 16.0 Å². The lowest BCUT2D eigenvalue weighted by molar-refractivity contribution is -0.135. The van der Waals surface area contributed by atoms with Crippen LogP contribution in [0.3, 0.4) is 0 Å². The summed E-state index contributed by atoms with van der Waals surface area (Å²) in [5.74, 6) is -0.855. The molecule has 0 spiro atoms. The maximum absolute atomic E-state index is 12.5. The molecule has 0 heterocycles. The molecule has 0 unspecified atom stereocenters. The lowest BCUT2D eigenvalue weighted by Crippen LogP contribution is -2.41. The van der Waals surface area contributed by atoms with E-state index in [0.717, 1.165) is 6.42 Å². The van der Waals surface area contributed by atoms with Gasteiger partial charge in [-0.1, -0.05) is 19.1 Å². The van der Waals surface area contributed by atoms with Gasteiger partial charge in [-0.2, -0.15) is 0 Å². The van der Waals surface area contributed by atoms with Crippen LogP contribution in [0.15, 0.2) is 48.5 Å². The average Bonchev–Trinajstić information content (AvgIpc) is 2.62. The Hall–Kier alpha value is -2.95. The Morgan fingerprint density at radius 3 is 1.62 bits per heavy atom. The molecule has 0 atom stereocenters. The molecule has 2 aromatic carbocycles. The third-order valence-corrected chi connectivity index (χ3v) is 4.30. The standard InChI is InChI=1S/C21H24N2O3/c1-5-15-6-10-17(11-7-15)22-19(25)21(3,4)20(26)23-18-12-8-16(9-13-18)14(2)24/h6-13H,5H2,1-4H3,(H,22,25)(H,23,26). The molecule has 0 aliphatic rings. The third-order valence-electron chi connectivity index (χ3n) is 4.30. The Morgan fingerprint density at radius 1 is 0.808 bits per heavy atom. The fourth-order valence-corrected chi connectivity index (χ4v) is 2.29. The minimum Gasteiger partial charge on any atom is -0.325 e. The summed E-state index contributed by atoms with van der Waals surface area (Å²) in [7, 11) is 0. The van der Waals surface area contributed by atoms with Crippen LogP contribution in [0.1, 0.15) is 43.6 Å². The smallest absolute Gasteiger partial charge is 0.239 e. The van der Waals surface area contributed by atoms with Gasteiger partial charge in [0.15, 0.2) is 5.78 Å². The molecule has 5 nitrogen and oxygen atoms in total. The fraction of sp³-hybridized carbons (Fsp3) is 0.286. The summed E-state index contributed by atoms with van der Waals surface area (Å²) < 4.78 is 0. The number of carbonyl (C=O) groups is 3. The molecule has 0 saturated heterocycles. The van der Waals surface area contributed by atoms with Gasteiger partial charge in [0.1, 0.15) is 5.41 Å². The zero-order valence-electron chi connectivity index (χ0n) is 15.6. The van der Waals surface area contributed by atoms with Gasteiger partial charge < -0.3 is 10.6 Å². The van der Waals surface area contributed by atoms with Crippen LogP contribution in [0.25, 0.3) is 0 Å². The largest absolute Gasteiger partial charge is 0.325 e. The van der Waals surface area contributed by atoms with Crippen molar-refractivity contribution in [3.8, 4) is 0 Å². The number of ketones is 1. The van der Waals surface area contributed by atoms with E-state index in [2.05, 4.69) is 17.6 Å². The van der Waals surface area contributed by atoms with Crippen molar-refractivity contribution in [3.05, 3.63) is 59.7 Å². The van der Waals surface area contributed by atoms with Crippen molar-refractivity contribution in [1.82, 2.24) is 0 Å². The number of amides is 2. The van der Waals surface area contributed by atoms with Crippen LogP contribution in [0.2, 0.25) is 0 Å². The molecule has 136 valence electrons. The van der Waals surface area contributed by atoms with Gasteiger partial charge in [0.25, 0.3) is 0 Å². The van der Waals surface area contributed by atoms with Crippen molar-refractivity contribution < 1.29 is 14.4 Å². The number of carbonyl (C=O) groups excluding carboxylic acids is 3. The molecule has 0 aliphatic heterocycles. The second-order valence-corrected chi connectivity index (χ2v) is 6.72. The van der Waals surface area contributed by atoms with Crippen LogP contribution < -0.4 is 10.6 Å². The molecule has 2 amide bonds. The Morgan fingerprint density at radius 2 is 1.23 bits per heavy atom. The maximum atomic E-state index is 12.5. The quantitative estimate of drug-likeness (QED) is 0.608. The van der Waals surface area contributed by atoms with E-state index in [1.807, 2.05) is 24.3 Å². The Bertz CT molecular complexity index is 806. The number of hydrogen-bond acceptors (Lipinski definition) is 3. The van der Waals surface area contributed by atoms with Gasteiger partial charge in [0.05, 0.1) is 0 Å². The number of hydrogen-bond donors (Lipinski definition) is 2. The highest BCUT2D eigenvalue weighted by molar-refractivity contribution is 6.14. The van der Waals surface area contributed by atoms with Crippen LogP contribution in [0.5, 0.6) is 0 Å². The zero-order valence-corrected chi connectivity index (χ0v) is 15.6. The lowest BCUT2D eigenvalue weighted by Gasteiger charge is -2.23. The predicted octanol–water partition coefficient (Wildman–Crippen LogP) is 4.06. The molecule has 5 heteroatoms. The highest BCUT2D eigenvalue weighted by atomic mass is 16.2. The van der Waals surface area contributed by atoms with E-state index in [-0.39, 0.29) is 11.7 Å². The lowest BCUT2D eigenvalue weighted by atomic mass is 9.90. The zero-order chi connectivity index (χ0) is 19.3. The minimum atomic E-state index is -1.26. The maximum Gasteiger partial charge on any atom is 0.239 e. The molecule has 0 saturated carbocycles. The first kappa shape index (κ1) is 19.4. The van der Waals surface area contributed by atoms with Crippen LogP contribution in [0.4, 0.5) is 11.4 Å². The Kier molecular flexibility index (Phi) is 5.93. The van der Waals surface area contributed by atoms with Crippen molar-refractivity contribution in [2.24, 2.45) is 5.41 Å². The molecule has 26 heavy (non-hydrogen) atoms. The molecule has 2 aromatic rings. The number of rotatable bonds is 6. The molecule has 0 bridgehead atoms. The van der Waals surface area contributed by atoms with Crippen molar-refractivity contribution in [1.29, 1.82) is 0 Å². The topological polar surface area (TPSA) is 75.3 Å². The molecular weight excluding hydrogens is 328 g/mol. The first-order valence-corrected chi connectivity index (χ1v) is 8.57. The van der Waals surface area contributed by atoms with Crippen molar-refractivity contribution in [2.75, 3.05) is 10.6 Å². The Balaban J connectivity index is 2.05. The number of anilines is 2. The normalized spacial score (nSPS) is 10.9. The van der Waals surface area contributed by atoms with Gasteiger partial charge in [-0.05, 0) is 69.2 Å². The molecule has 0 aromatic heterocycles. The molecule has 2 N–H and O–H groups in total. The molecule has 0 aliphatic carbocycles. The van der Waals surface area contributed by atoms with Crippen molar-refractivity contribution in [2.45, 2.75) is 34.1 Å². The predicted molar refractivity (Wildman–Crippen MR) is 103 cm³/mol. The summed E-state index contributed by atoms with van der Waals surface area (Å²) in [5, 5.41) is 5.50. The monoisotopic (exact) mass is 352 g/mol. The second kappa shape index (κ2) is 7.95. The van der Waals surface area contributed by atoms with Crippen molar-refractivity contribution in [3.63, 3.8) is 0 Å². The first-order chi connectivity index (χ1) is 12.2. The molecule has 0 fully saturated rings. The van der Waals surface area contributed by atoms with Crippen molar-refractivity contribution >= 4 is 29.0 Å². The van der Waals surface area contributed by atoms with Crippen LogP contribution >= 0.6 is 0 Å². The highest BCUT2D eigenvalue weighted by Crippen LogP contribution is 2.22. The summed E-state index contributed by atoms with van der Waals surface area (Å²) in [5.41, 5.74) is 1.67. The van der Waals surface area contributed by atoms with Gasteiger partial charge >= 0.3 is 0 Å². The summed E-state index contributed by atoms with van der Waals surface area (Å²) in [6.07, 6.45) is 0.921. The van der Waals surface area contributed by atoms with E-state index in [0.29, 0.717) is 16.9 Å². The summed E-state index contributed by atoms with van der Waals surface area (Å²) in [6, 6.07) is 14.1.